The van der Waals surface area contributed by atoms with Crippen molar-refractivity contribution >= 4 is 29.3 Å². The third-order valence-electron chi connectivity index (χ3n) is 7.66. The number of halogens is 7. The SMILES string of the molecule is C[C@H](NC(=O)C(F)(F)C(F)(F)C(F)(F)F)C(=O)N(C)[C@@H](CC1CC1)C(=O)N1C[C@@](C)(C(=O)Nc2ccccc2)C[C@H]1C#N. The summed E-state index contributed by atoms with van der Waals surface area (Å²) in [5.41, 5.74) is -0.728. The second-order valence-corrected chi connectivity index (χ2v) is 11.2. The van der Waals surface area contributed by atoms with Crippen LogP contribution >= 0.6 is 0 Å². The van der Waals surface area contributed by atoms with Crippen molar-refractivity contribution in [2.75, 3.05) is 18.9 Å². The van der Waals surface area contributed by atoms with Gasteiger partial charge in [-0.3, -0.25) is 19.2 Å². The van der Waals surface area contributed by atoms with Crippen molar-refractivity contribution in [1.29, 1.82) is 5.26 Å². The fourth-order valence-corrected chi connectivity index (χ4v) is 4.82. The number of para-hydroxylation sites is 1. The molecule has 43 heavy (non-hydrogen) atoms. The highest BCUT2D eigenvalue weighted by Gasteiger charge is 2.76. The quantitative estimate of drug-likeness (QED) is 0.386. The first-order valence-electron chi connectivity index (χ1n) is 13.2. The number of nitrogens with zero attached hydrogens (tertiary/aromatic N) is 3. The van der Waals surface area contributed by atoms with Crippen LogP contribution in [-0.4, -0.2) is 83.2 Å². The van der Waals surface area contributed by atoms with E-state index >= 15 is 0 Å². The number of amides is 4. The minimum atomic E-state index is -6.75. The van der Waals surface area contributed by atoms with E-state index in [0.717, 1.165) is 23.8 Å². The molecule has 1 saturated carbocycles. The smallest absolute Gasteiger partial charge is 0.339 e. The molecule has 1 heterocycles. The molecule has 2 aliphatic rings. The van der Waals surface area contributed by atoms with E-state index in [1.807, 2.05) is 6.07 Å². The van der Waals surface area contributed by atoms with Gasteiger partial charge in [0, 0.05) is 19.3 Å². The van der Waals surface area contributed by atoms with Crippen LogP contribution in [0.5, 0.6) is 0 Å². The molecule has 16 heteroatoms. The van der Waals surface area contributed by atoms with Gasteiger partial charge in [0.15, 0.2) is 0 Å². The molecule has 0 aromatic heterocycles. The van der Waals surface area contributed by atoms with Gasteiger partial charge in [0.1, 0.15) is 18.1 Å². The van der Waals surface area contributed by atoms with Crippen molar-refractivity contribution < 1.29 is 49.9 Å². The summed E-state index contributed by atoms with van der Waals surface area (Å²) in [7, 11) is 1.08. The number of carbonyl (C=O) groups is 4. The second kappa shape index (κ2) is 12.0. The lowest BCUT2D eigenvalue weighted by Gasteiger charge is -2.34. The van der Waals surface area contributed by atoms with E-state index in [1.165, 1.54) is 5.32 Å². The number of nitriles is 1. The Kier molecular flexibility index (Phi) is 9.38. The number of anilines is 1. The summed E-state index contributed by atoms with van der Waals surface area (Å²) < 4.78 is 91.7. The van der Waals surface area contributed by atoms with Crippen LogP contribution in [0.1, 0.15) is 39.5 Å². The van der Waals surface area contributed by atoms with Gasteiger partial charge < -0.3 is 20.4 Å². The standard InChI is InChI=1S/C27H30F7N5O4/c1-15(36-23(43)25(28,29)26(30,31)27(32,33)34)20(40)38(3)19(11-16-9-10-16)21(41)39-14-24(2,12-18(39)13-35)22(42)37-17-7-5-4-6-8-17/h4-8,15-16,18-19H,9-12,14H2,1-3H3,(H,36,43)(H,37,42)/t15-,18-,19-,24-/m0/s1. The Morgan fingerprint density at radius 1 is 1.09 bits per heavy atom. The molecule has 1 aromatic carbocycles. The molecular formula is C27H30F7N5O4. The van der Waals surface area contributed by atoms with Gasteiger partial charge in [0.25, 0.3) is 5.91 Å². The average Bonchev–Trinajstić information content (AvgIpc) is 3.69. The minimum Gasteiger partial charge on any atom is -0.339 e. The second-order valence-electron chi connectivity index (χ2n) is 11.2. The third kappa shape index (κ3) is 6.86. The number of nitrogens with one attached hydrogen (secondary N) is 2. The van der Waals surface area contributed by atoms with Gasteiger partial charge in [-0.1, -0.05) is 31.0 Å². The molecule has 9 nitrogen and oxygen atoms in total. The molecule has 0 radical (unpaired) electrons. The Balaban J connectivity index is 1.78. The fraction of sp³-hybridized carbons (Fsp3) is 0.593. The van der Waals surface area contributed by atoms with Crippen LogP contribution < -0.4 is 10.6 Å². The molecule has 2 N–H and O–H groups in total. The summed E-state index contributed by atoms with van der Waals surface area (Å²) in [6, 6.07) is 5.97. The molecule has 1 aliphatic heterocycles. The van der Waals surface area contributed by atoms with Crippen molar-refractivity contribution in [3.63, 3.8) is 0 Å². The summed E-state index contributed by atoms with van der Waals surface area (Å²) >= 11 is 0. The van der Waals surface area contributed by atoms with Gasteiger partial charge in [-0.25, -0.2) is 0 Å². The number of hydrogen-bond acceptors (Lipinski definition) is 5. The van der Waals surface area contributed by atoms with Crippen LogP contribution in [-0.2, 0) is 19.2 Å². The van der Waals surface area contributed by atoms with E-state index in [4.69, 9.17) is 0 Å². The maximum atomic E-state index is 13.8. The number of likely N-dealkylation sites (N-methyl/N-ethyl adjacent to an activating group) is 1. The zero-order valence-electron chi connectivity index (χ0n) is 23.4. The lowest BCUT2D eigenvalue weighted by atomic mass is 9.87. The van der Waals surface area contributed by atoms with Crippen LogP contribution in [0.15, 0.2) is 30.3 Å². The van der Waals surface area contributed by atoms with Gasteiger partial charge in [-0.15, -0.1) is 0 Å². The number of alkyl halides is 7. The largest absolute Gasteiger partial charge is 0.460 e. The highest BCUT2D eigenvalue weighted by atomic mass is 19.4. The van der Waals surface area contributed by atoms with Crippen molar-refractivity contribution in [3.8, 4) is 6.07 Å². The number of rotatable bonds is 10. The molecule has 0 spiro atoms. The van der Waals surface area contributed by atoms with E-state index in [9.17, 15) is 55.2 Å². The molecule has 1 aromatic rings. The lowest BCUT2D eigenvalue weighted by molar-refractivity contribution is -0.344. The summed E-state index contributed by atoms with van der Waals surface area (Å²) in [6.07, 6.45) is -5.35. The summed E-state index contributed by atoms with van der Waals surface area (Å²) in [4.78, 5) is 53.6. The Morgan fingerprint density at radius 3 is 2.19 bits per heavy atom. The number of carbonyl (C=O) groups excluding carboxylic acids is 4. The van der Waals surface area contributed by atoms with Gasteiger partial charge >= 0.3 is 18.0 Å². The van der Waals surface area contributed by atoms with E-state index in [2.05, 4.69) is 5.32 Å². The molecule has 0 unspecified atom stereocenters. The first kappa shape index (κ1) is 33.6. The summed E-state index contributed by atoms with van der Waals surface area (Å²) in [5.74, 6) is -18.5. The van der Waals surface area contributed by atoms with E-state index in [-0.39, 0.29) is 25.3 Å². The molecule has 0 bridgehead atoms. The van der Waals surface area contributed by atoms with Crippen LogP contribution in [0.2, 0.25) is 0 Å². The van der Waals surface area contributed by atoms with Gasteiger partial charge in [-0.05, 0) is 44.7 Å². The molecule has 4 atom stereocenters. The highest BCUT2D eigenvalue weighted by Crippen LogP contribution is 2.46. The average molecular weight is 622 g/mol. The highest BCUT2D eigenvalue weighted by molar-refractivity contribution is 5.97. The van der Waals surface area contributed by atoms with E-state index in [1.54, 1.807) is 37.3 Å². The first-order valence-corrected chi connectivity index (χ1v) is 13.2. The van der Waals surface area contributed by atoms with Gasteiger partial charge in [-0.2, -0.15) is 36.0 Å². The predicted molar refractivity (Wildman–Crippen MR) is 136 cm³/mol. The molecular weight excluding hydrogens is 591 g/mol. The molecule has 236 valence electrons. The molecule has 4 amide bonds. The lowest BCUT2D eigenvalue weighted by Crippen LogP contribution is -2.62. The summed E-state index contributed by atoms with van der Waals surface area (Å²) in [6.45, 7) is 2.13. The van der Waals surface area contributed by atoms with E-state index < -0.39 is 65.2 Å². The van der Waals surface area contributed by atoms with Crippen LogP contribution in [0.25, 0.3) is 0 Å². The monoisotopic (exact) mass is 621 g/mol. The van der Waals surface area contributed by atoms with Crippen molar-refractivity contribution in [3.05, 3.63) is 30.3 Å². The Labute approximate surface area is 242 Å². The normalized spacial score (nSPS) is 22.3. The van der Waals surface area contributed by atoms with Crippen LogP contribution in [0.3, 0.4) is 0 Å². The molecule has 1 aliphatic carbocycles. The maximum absolute atomic E-state index is 13.8. The Bertz CT molecular complexity index is 1280. The van der Waals surface area contributed by atoms with Crippen molar-refractivity contribution in [1.82, 2.24) is 15.1 Å². The van der Waals surface area contributed by atoms with Crippen molar-refractivity contribution in [2.24, 2.45) is 11.3 Å². The number of likely N-dealkylation sites (tertiary alicyclic amines) is 1. The van der Waals surface area contributed by atoms with Gasteiger partial charge in [0.2, 0.25) is 17.7 Å². The predicted octanol–water partition coefficient (Wildman–Crippen LogP) is 3.72. The van der Waals surface area contributed by atoms with Crippen LogP contribution in [0, 0.1) is 22.7 Å². The first-order chi connectivity index (χ1) is 19.8. The van der Waals surface area contributed by atoms with Gasteiger partial charge in [0.05, 0.1) is 11.5 Å². The number of benzene rings is 1. The zero-order chi connectivity index (χ0) is 32.5. The van der Waals surface area contributed by atoms with E-state index in [0.29, 0.717) is 18.5 Å². The number of hydrogen-bond donors (Lipinski definition) is 2. The van der Waals surface area contributed by atoms with Crippen LogP contribution in [0.4, 0.5) is 36.4 Å². The topological polar surface area (TPSA) is 123 Å². The third-order valence-corrected chi connectivity index (χ3v) is 7.66. The fourth-order valence-electron chi connectivity index (χ4n) is 4.82. The Morgan fingerprint density at radius 2 is 1.67 bits per heavy atom. The molecule has 1 saturated heterocycles. The van der Waals surface area contributed by atoms with Crippen molar-refractivity contribution in [2.45, 2.75) is 75.7 Å². The minimum absolute atomic E-state index is 0.0280. The summed E-state index contributed by atoms with van der Waals surface area (Å²) in [5, 5.41) is 13.7. The Hall–Kier alpha value is -3.90. The molecule has 2 fully saturated rings. The molecule has 3 rings (SSSR count). The maximum Gasteiger partial charge on any atom is 0.460 e. The zero-order valence-corrected chi connectivity index (χ0v) is 23.4.